The Balaban J connectivity index is 1.79. The monoisotopic (exact) mass is 458 g/mol. The molecule has 1 unspecified atom stereocenters. The number of aromatic nitrogens is 2. The van der Waals surface area contributed by atoms with Gasteiger partial charge < -0.3 is 15.2 Å². The second kappa shape index (κ2) is 9.92. The summed E-state index contributed by atoms with van der Waals surface area (Å²) in [7, 11) is 1.88. The highest BCUT2D eigenvalue weighted by molar-refractivity contribution is 6.30. The van der Waals surface area contributed by atoms with E-state index in [1.165, 1.54) is 0 Å². The second-order valence-corrected chi connectivity index (χ2v) is 8.25. The summed E-state index contributed by atoms with van der Waals surface area (Å²) in [5.41, 5.74) is 5.06. The van der Waals surface area contributed by atoms with Crippen molar-refractivity contribution in [3.63, 3.8) is 0 Å². The van der Waals surface area contributed by atoms with Crippen LogP contribution in [0, 0.1) is 0 Å². The predicted octanol–water partition coefficient (Wildman–Crippen LogP) is 6.42. The Kier molecular flexibility index (Phi) is 6.80. The first kappa shape index (κ1) is 22.6. The lowest BCUT2D eigenvalue weighted by atomic mass is 10.1. The molecule has 0 aliphatic rings. The Hall–Kier alpha value is -3.57. The molecule has 5 nitrogen and oxygen atoms in total. The van der Waals surface area contributed by atoms with Crippen molar-refractivity contribution in [1.82, 2.24) is 14.9 Å². The van der Waals surface area contributed by atoms with Gasteiger partial charge in [-0.1, -0.05) is 66.2 Å². The Morgan fingerprint density at radius 2 is 1.64 bits per heavy atom. The van der Waals surface area contributed by atoms with E-state index in [0.29, 0.717) is 23.0 Å². The van der Waals surface area contributed by atoms with Crippen molar-refractivity contribution >= 4 is 23.2 Å². The third-order valence-corrected chi connectivity index (χ3v) is 5.95. The summed E-state index contributed by atoms with van der Waals surface area (Å²) in [5, 5.41) is 6.95. The van der Waals surface area contributed by atoms with Gasteiger partial charge in [-0.15, -0.1) is 0 Å². The minimum atomic E-state index is -0.185. The average molecular weight is 459 g/mol. The van der Waals surface area contributed by atoms with Crippen molar-refractivity contribution in [3.05, 3.63) is 95.1 Å². The van der Waals surface area contributed by atoms with Crippen LogP contribution in [0.2, 0.25) is 5.02 Å². The van der Waals surface area contributed by atoms with Crippen molar-refractivity contribution in [3.8, 4) is 22.6 Å². The number of nitrogens with zero attached hydrogens (tertiary/aromatic N) is 2. The van der Waals surface area contributed by atoms with Crippen LogP contribution in [-0.2, 0) is 6.54 Å². The third kappa shape index (κ3) is 4.78. The third-order valence-electron chi connectivity index (χ3n) is 5.70. The summed E-state index contributed by atoms with van der Waals surface area (Å²) in [4.78, 5) is 18.6. The highest BCUT2D eigenvalue weighted by atomic mass is 35.5. The van der Waals surface area contributed by atoms with Crippen molar-refractivity contribution in [1.29, 1.82) is 0 Å². The molecule has 1 heterocycles. The summed E-state index contributed by atoms with van der Waals surface area (Å²) in [5.74, 6) is 0.608. The fraction of sp³-hybridized carbons (Fsp3) is 0.185. The maximum absolute atomic E-state index is 13.6. The van der Waals surface area contributed by atoms with E-state index in [0.717, 1.165) is 28.2 Å². The van der Waals surface area contributed by atoms with Crippen LogP contribution in [0.5, 0.6) is 0 Å². The summed E-state index contributed by atoms with van der Waals surface area (Å²) in [6, 6.07) is 25.2. The average Bonchev–Trinajstić information content (AvgIpc) is 3.25. The maximum atomic E-state index is 13.6. The fourth-order valence-electron chi connectivity index (χ4n) is 3.89. The van der Waals surface area contributed by atoms with Gasteiger partial charge >= 0.3 is 0 Å². The highest BCUT2D eigenvalue weighted by Crippen LogP contribution is 2.31. The summed E-state index contributed by atoms with van der Waals surface area (Å²) in [6.07, 6.45) is 0. The lowest BCUT2D eigenvalue weighted by molar-refractivity contribution is 0.0931. The number of rotatable bonds is 7. The number of halogens is 1. The molecule has 3 aromatic carbocycles. The molecule has 0 aliphatic carbocycles. The number of carbonyl (C=O) groups excluding carboxylic acids is 1. The molecule has 0 saturated heterocycles. The van der Waals surface area contributed by atoms with Crippen molar-refractivity contribution in [2.45, 2.75) is 26.4 Å². The largest absolute Gasteiger partial charge is 0.388 e. The van der Waals surface area contributed by atoms with Gasteiger partial charge in [0.05, 0.1) is 6.04 Å². The molecular weight excluding hydrogens is 432 g/mol. The number of benzene rings is 3. The van der Waals surface area contributed by atoms with E-state index in [1.54, 1.807) is 0 Å². The quantitative estimate of drug-likeness (QED) is 0.336. The number of hydrogen-bond acceptors (Lipinski definition) is 3. The Morgan fingerprint density at radius 1 is 0.970 bits per heavy atom. The Bertz CT molecular complexity index is 1230. The molecule has 168 valence electrons. The van der Waals surface area contributed by atoms with E-state index in [-0.39, 0.29) is 11.9 Å². The van der Waals surface area contributed by atoms with Crippen molar-refractivity contribution in [2.24, 2.45) is 0 Å². The predicted molar refractivity (Wildman–Crippen MR) is 136 cm³/mol. The number of carbonyl (C=O) groups is 1. The van der Waals surface area contributed by atoms with Crippen molar-refractivity contribution in [2.75, 3.05) is 12.4 Å². The van der Waals surface area contributed by atoms with Gasteiger partial charge in [-0.25, -0.2) is 4.98 Å². The Labute approximate surface area is 199 Å². The van der Waals surface area contributed by atoms with E-state index in [1.807, 2.05) is 104 Å². The van der Waals surface area contributed by atoms with Gasteiger partial charge in [0.1, 0.15) is 17.2 Å². The number of amides is 1. The van der Waals surface area contributed by atoms with E-state index >= 15 is 0 Å². The van der Waals surface area contributed by atoms with Gasteiger partial charge in [-0.3, -0.25) is 4.79 Å². The second-order valence-electron chi connectivity index (χ2n) is 7.82. The molecule has 33 heavy (non-hydrogen) atoms. The molecular formula is C27H27ClN4O. The zero-order valence-electron chi connectivity index (χ0n) is 19.0. The van der Waals surface area contributed by atoms with Gasteiger partial charge in [0.2, 0.25) is 0 Å². The summed E-state index contributed by atoms with van der Waals surface area (Å²) in [6.45, 7) is 4.61. The maximum Gasteiger partial charge on any atom is 0.270 e. The first-order chi connectivity index (χ1) is 16.0. The van der Waals surface area contributed by atoms with Crippen LogP contribution in [0.1, 0.15) is 35.9 Å². The lowest BCUT2D eigenvalue weighted by Gasteiger charge is -2.16. The molecule has 0 radical (unpaired) electrons. The molecule has 6 heteroatoms. The molecule has 0 spiro atoms. The number of hydrogen-bond donors (Lipinski definition) is 2. The first-order valence-electron chi connectivity index (χ1n) is 11.0. The topological polar surface area (TPSA) is 59.0 Å². The van der Waals surface area contributed by atoms with E-state index in [4.69, 9.17) is 16.6 Å². The molecule has 0 fully saturated rings. The van der Waals surface area contributed by atoms with Gasteiger partial charge in [-0.05, 0) is 43.7 Å². The molecule has 0 bridgehead atoms. The van der Waals surface area contributed by atoms with Gasteiger partial charge in [0, 0.05) is 35.4 Å². The fourth-order valence-corrected chi connectivity index (χ4v) is 4.02. The van der Waals surface area contributed by atoms with Crippen LogP contribution in [-0.4, -0.2) is 22.5 Å². The van der Waals surface area contributed by atoms with Crippen LogP contribution in [0.3, 0.4) is 0 Å². The molecule has 1 amide bonds. The first-order valence-corrected chi connectivity index (χ1v) is 11.4. The molecule has 4 rings (SSSR count). The lowest BCUT2D eigenvalue weighted by Crippen LogP contribution is -2.29. The smallest absolute Gasteiger partial charge is 0.270 e. The SMILES string of the molecule is CCn1c(-c2ccccc2)nc(-c2ccc(NC)cc2)c1C(=O)NC(C)c1ccc(Cl)cc1. The number of anilines is 1. The number of nitrogens with one attached hydrogen (secondary N) is 2. The van der Waals surface area contributed by atoms with E-state index < -0.39 is 0 Å². The van der Waals surface area contributed by atoms with Crippen LogP contribution in [0.15, 0.2) is 78.9 Å². The Morgan fingerprint density at radius 3 is 2.24 bits per heavy atom. The van der Waals surface area contributed by atoms with Crippen molar-refractivity contribution < 1.29 is 4.79 Å². The molecule has 1 atom stereocenters. The highest BCUT2D eigenvalue weighted by Gasteiger charge is 2.25. The minimum absolute atomic E-state index is 0.165. The number of imidazole rings is 1. The standard InChI is InChI=1S/C27H27ClN4O/c1-4-32-25(27(33)30-18(2)19-10-14-22(28)15-11-19)24(20-12-16-23(29-3)17-13-20)31-26(32)21-8-6-5-7-9-21/h5-18,29H,4H2,1-3H3,(H,30,33). The molecule has 0 saturated carbocycles. The van der Waals surface area contributed by atoms with Crippen LogP contribution >= 0.6 is 11.6 Å². The molecule has 2 N–H and O–H groups in total. The van der Waals surface area contributed by atoms with Gasteiger partial charge in [0.25, 0.3) is 5.91 Å². The molecule has 4 aromatic rings. The van der Waals surface area contributed by atoms with Crippen LogP contribution in [0.4, 0.5) is 5.69 Å². The minimum Gasteiger partial charge on any atom is -0.388 e. The van der Waals surface area contributed by atoms with Gasteiger partial charge in [-0.2, -0.15) is 0 Å². The van der Waals surface area contributed by atoms with E-state index in [9.17, 15) is 4.79 Å². The van der Waals surface area contributed by atoms with Crippen LogP contribution in [0.25, 0.3) is 22.6 Å². The van der Waals surface area contributed by atoms with Crippen LogP contribution < -0.4 is 10.6 Å². The summed E-state index contributed by atoms with van der Waals surface area (Å²) < 4.78 is 1.99. The van der Waals surface area contributed by atoms with Gasteiger partial charge in [0.15, 0.2) is 0 Å². The normalized spacial score (nSPS) is 11.8. The zero-order chi connectivity index (χ0) is 23.4. The molecule has 0 aliphatic heterocycles. The molecule has 1 aromatic heterocycles. The summed E-state index contributed by atoms with van der Waals surface area (Å²) >= 11 is 6.03. The zero-order valence-corrected chi connectivity index (χ0v) is 19.7. The van der Waals surface area contributed by atoms with E-state index in [2.05, 4.69) is 10.6 Å².